The van der Waals surface area contributed by atoms with E-state index in [0.29, 0.717) is 6.42 Å². The number of hydrogen-bond acceptors (Lipinski definition) is 4. The molecule has 5 heteroatoms. The first-order chi connectivity index (χ1) is 9.11. The van der Waals surface area contributed by atoms with E-state index in [9.17, 15) is 0 Å². The van der Waals surface area contributed by atoms with Crippen molar-refractivity contribution >= 4 is 5.69 Å². The second kappa shape index (κ2) is 5.84. The van der Waals surface area contributed by atoms with Crippen LogP contribution in [0.3, 0.4) is 0 Å². The summed E-state index contributed by atoms with van der Waals surface area (Å²) in [5.74, 6) is 0.935. The SMILES string of the molecule is CCn1ncnc1CC(N)c1cccc(N(C)C)c1. The lowest BCUT2D eigenvalue weighted by Crippen LogP contribution is -2.17. The number of rotatable bonds is 5. The molecule has 19 heavy (non-hydrogen) atoms. The maximum Gasteiger partial charge on any atom is 0.138 e. The van der Waals surface area contributed by atoms with E-state index in [0.717, 1.165) is 23.6 Å². The van der Waals surface area contributed by atoms with Crippen LogP contribution in [0.25, 0.3) is 0 Å². The van der Waals surface area contributed by atoms with Gasteiger partial charge in [0, 0.05) is 38.8 Å². The Labute approximate surface area is 114 Å². The molecule has 0 spiro atoms. The van der Waals surface area contributed by atoms with Gasteiger partial charge in [0.15, 0.2) is 0 Å². The molecular weight excluding hydrogens is 238 g/mol. The molecule has 2 N–H and O–H groups in total. The van der Waals surface area contributed by atoms with Gasteiger partial charge in [-0.05, 0) is 24.6 Å². The van der Waals surface area contributed by atoms with Gasteiger partial charge in [-0.3, -0.25) is 4.68 Å². The van der Waals surface area contributed by atoms with Gasteiger partial charge >= 0.3 is 0 Å². The van der Waals surface area contributed by atoms with E-state index in [1.165, 1.54) is 0 Å². The quantitative estimate of drug-likeness (QED) is 0.886. The number of anilines is 1. The van der Waals surface area contributed by atoms with E-state index >= 15 is 0 Å². The molecule has 0 aliphatic rings. The largest absolute Gasteiger partial charge is 0.378 e. The highest BCUT2D eigenvalue weighted by Gasteiger charge is 2.12. The van der Waals surface area contributed by atoms with Crippen LogP contribution in [0.4, 0.5) is 5.69 Å². The Morgan fingerprint density at radius 3 is 2.84 bits per heavy atom. The summed E-state index contributed by atoms with van der Waals surface area (Å²) in [4.78, 5) is 6.35. The molecule has 1 unspecified atom stereocenters. The first kappa shape index (κ1) is 13.5. The van der Waals surface area contributed by atoms with Gasteiger partial charge < -0.3 is 10.6 Å². The van der Waals surface area contributed by atoms with Gasteiger partial charge in [-0.15, -0.1) is 0 Å². The number of aromatic nitrogens is 3. The molecule has 1 aromatic carbocycles. The normalized spacial score (nSPS) is 12.4. The maximum absolute atomic E-state index is 6.28. The second-order valence-electron chi connectivity index (χ2n) is 4.79. The molecule has 0 saturated carbocycles. The van der Waals surface area contributed by atoms with Gasteiger partial charge in [0.25, 0.3) is 0 Å². The maximum atomic E-state index is 6.28. The molecule has 0 radical (unpaired) electrons. The molecule has 0 saturated heterocycles. The average Bonchev–Trinajstić information content (AvgIpc) is 2.86. The van der Waals surface area contributed by atoms with Crippen molar-refractivity contribution in [2.45, 2.75) is 25.9 Å². The predicted molar refractivity (Wildman–Crippen MR) is 77.1 cm³/mol. The Bertz CT molecular complexity index is 532. The second-order valence-corrected chi connectivity index (χ2v) is 4.79. The minimum absolute atomic E-state index is 0.0607. The molecule has 1 heterocycles. The highest BCUT2D eigenvalue weighted by Crippen LogP contribution is 2.20. The Balaban J connectivity index is 2.15. The van der Waals surface area contributed by atoms with Crippen molar-refractivity contribution in [3.8, 4) is 0 Å². The average molecular weight is 259 g/mol. The monoisotopic (exact) mass is 259 g/mol. The van der Waals surface area contributed by atoms with Crippen LogP contribution >= 0.6 is 0 Å². The molecular formula is C14H21N5. The number of benzene rings is 1. The number of aryl methyl sites for hydroxylation is 1. The zero-order valence-electron chi connectivity index (χ0n) is 11.7. The summed E-state index contributed by atoms with van der Waals surface area (Å²) in [6.45, 7) is 2.87. The standard InChI is InChI=1S/C14H21N5/c1-4-19-14(16-10-17-19)9-13(15)11-6-5-7-12(8-11)18(2)3/h5-8,10,13H,4,9,15H2,1-3H3. The van der Waals surface area contributed by atoms with Crippen LogP contribution in [0.15, 0.2) is 30.6 Å². The highest BCUT2D eigenvalue weighted by molar-refractivity contribution is 5.47. The van der Waals surface area contributed by atoms with Crippen LogP contribution in [0.1, 0.15) is 24.4 Å². The fourth-order valence-corrected chi connectivity index (χ4v) is 2.06. The Morgan fingerprint density at radius 2 is 2.16 bits per heavy atom. The van der Waals surface area contributed by atoms with Crippen LogP contribution in [-0.2, 0) is 13.0 Å². The van der Waals surface area contributed by atoms with Gasteiger partial charge in [0.2, 0.25) is 0 Å². The van der Waals surface area contributed by atoms with Crippen LogP contribution in [0.5, 0.6) is 0 Å². The lowest BCUT2D eigenvalue weighted by atomic mass is 10.0. The molecule has 2 aromatic rings. The lowest BCUT2D eigenvalue weighted by molar-refractivity contribution is 0.581. The third kappa shape index (κ3) is 3.12. The van der Waals surface area contributed by atoms with E-state index in [-0.39, 0.29) is 6.04 Å². The highest BCUT2D eigenvalue weighted by atomic mass is 15.3. The van der Waals surface area contributed by atoms with Crippen molar-refractivity contribution in [3.05, 3.63) is 42.0 Å². The molecule has 0 aliphatic carbocycles. The third-order valence-electron chi connectivity index (χ3n) is 3.21. The van der Waals surface area contributed by atoms with Gasteiger partial charge in [-0.1, -0.05) is 12.1 Å². The summed E-state index contributed by atoms with van der Waals surface area (Å²) in [5.41, 5.74) is 8.56. The molecule has 1 atom stereocenters. The number of hydrogen-bond donors (Lipinski definition) is 1. The Hall–Kier alpha value is -1.88. The lowest BCUT2D eigenvalue weighted by Gasteiger charge is -2.17. The van der Waals surface area contributed by atoms with Crippen molar-refractivity contribution in [3.63, 3.8) is 0 Å². The molecule has 0 fully saturated rings. The zero-order chi connectivity index (χ0) is 13.8. The van der Waals surface area contributed by atoms with Crippen LogP contribution in [0.2, 0.25) is 0 Å². The molecule has 0 aliphatic heterocycles. The summed E-state index contributed by atoms with van der Waals surface area (Å²) >= 11 is 0. The van der Waals surface area contributed by atoms with Crippen molar-refractivity contribution in [2.75, 3.05) is 19.0 Å². The van der Waals surface area contributed by atoms with E-state index in [1.54, 1.807) is 6.33 Å². The third-order valence-corrected chi connectivity index (χ3v) is 3.21. The van der Waals surface area contributed by atoms with Gasteiger partial charge in [-0.25, -0.2) is 4.98 Å². The number of nitrogens with two attached hydrogens (primary N) is 1. The topological polar surface area (TPSA) is 60.0 Å². The molecule has 0 bridgehead atoms. The van der Waals surface area contributed by atoms with E-state index in [4.69, 9.17) is 5.73 Å². The van der Waals surface area contributed by atoms with Crippen LogP contribution < -0.4 is 10.6 Å². The fourth-order valence-electron chi connectivity index (χ4n) is 2.06. The van der Waals surface area contributed by atoms with Crippen LogP contribution in [-0.4, -0.2) is 28.9 Å². The van der Waals surface area contributed by atoms with Crippen molar-refractivity contribution < 1.29 is 0 Å². The van der Waals surface area contributed by atoms with Gasteiger partial charge in [0.1, 0.15) is 12.2 Å². The first-order valence-corrected chi connectivity index (χ1v) is 6.51. The van der Waals surface area contributed by atoms with Gasteiger partial charge in [0.05, 0.1) is 0 Å². The minimum atomic E-state index is -0.0607. The summed E-state index contributed by atoms with van der Waals surface area (Å²) in [6.07, 6.45) is 2.28. The van der Waals surface area contributed by atoms with E-state index in [1.807, 2.05) is 24.8 Å². The summed E-state index contributed by atoms with van der Waals surface area (Å²) in [7, 11) is 4.05. The Morgan fingerprint density at radius 1 is 1.37 bits per heavy atom. The molecule has 102 valence electrons. The molecule has 5 nitrogen and oxygen atoms in total. The fraction of sp³-hybridized carbons (Fsp3) is 0.429. The predicted octanol–water partition coefficient (Wildman–Crippen LogP) is 1.61. The van der Waals surface area contributed by atoms with Gasteiger partial charge in [-0.2, -0.15) is 5.10 Å². The summed E-state index contributed by atoms with van der Waals surface area (Å²) in [6, 6.07) is 8.23. The summed E-state index contributed by atoms with van der Waals surface area (Å²) in [5, 5.41) is 4.17. The number of nitrogens with zero attached hydrogens (tertiary/aromatic N) is 4. The van der Waals surface area contributed by atoms with E-state index in [2.05, 4.69) is 40.1 Å². The molecule has 2 rings (SSSR count). The Kier molecular flexibility index (Phi) is 4.16. The van der Waals surface area contributed by atoms with Crippen molar-refractivity contribution in [1.82, 2.24) is 14.8 Å². The van der Waals surface area contributed by atoms with Crippen LogP contribution in [0, 0.1) is 0 Å². The van der Waals surface area contributed by atoms with Crippen molar-refractivity contribution in [1.29, 1.82) is 0 Å². The molecule has 1 aromatic heterocycles. The van der Waals surface area contributed by atoms with E-state index < -0.39 is 0 Å². The van der Waals surface area contributed by atoms with Crippen molar-refractivity contribution in [2.24, 2.45) is 5.73 Å². The minimum Gasteiger partial charge on any atom is -0.378 e. The first-order valence-electron chi connectivity index (χ1n) is 6.51. The summed E-state index contributed by atoms with van der Waals surface area (Å²) < 4.78 is 1.88. The molecule has 0 amide bonds. The smallest absolute Gasteiger partial charge is 0.138 e. The zero-order valence-corrected chi connectivity index (χ0v) is 11.7.